The predicted octanol–water partition coefficient (Wildman–Crippen LogP) is -2.55. The average molecular weight is 179 g/mol. The fraction of sp³-hybridized carbons (Fsp3) is 0. The summed E-state index contributed by atoms with van der Waals surface area (Å²) in [5.74, 6) is 0. The summed E-state index contributed by atoms with van der Waals surface area (Å²) in [7, 11) is 0. The molecular formula is CH3ClCuZn+. The molecule has 0 heterocycles. The van der Waals surface area contributed by atoms with Crippen molar-refractivity contribution in [2.75, 3.05) is 0 Å². The Bertz CT molecular complexity index is 8.00. The van der Waals surface area contributed by atoms with Crippen LogP contribution in [0, 0.1) is 7.43 Å². The summed E-state index contributed by atoms with van der Waals surface area (Å²) in [6, 6.07) is 0. The molecule has 0 aliphatic heterocycles. The van der Waals surface area contributed by atoms with E-state index in [1.165, 1.54) is 0 Å². The van der Waals surface area contributed by atoms with Crippen LogP contribution in [0.15, 0.2) is 0 Å². The van der Waals surface area contributed by atoms with Crippen LogP contribution in [-0.2, 0) is 36.5 Å². The largest absolute Gasteiger partial charge is 2.00 e. The Morgan fingerprint density at radius 2 is 1.00 bits per heavy atom. The van der Waals surface area contributed by atoms with Crippen LogP contribution in [0.25, 0.3) is 0 Å². The monoisotopic (exact) mass is 177 g/mol. The van der Waals surface area contributed by atoms with Gasteiger partial charge in [0, 0.05) is 17.1 Å². The molecule has 0 aliphatic rings. The van der Waals surface area contributed by atoms with Crippen molar-refractivity contribution in [1.82, 2.24) is 0 Å². The zero-order chi connectivity index (χ0) is 0. The Labute approximate surface area is 56.4 Å². The maximum absolute atomic E-state index is 0. The zero-order valence-electron chi connectivity index (χ0n) is 2.39. The quantitative estimate of drug-likeness (QED) is 0.359. The van der Waals surface area contributed by atoms with E-state index < -0.39 is 0 Å². The first-order chi connectivity index (χ1) is 0. The van der Waals surface area contributed by atoms with E-state index in [2.05, 4.69) is 0 Å². The van der Waals surface area contributed by atoms with Crippen molar-refractivity contribution in [3.8, 4) is 0 Å². The van der Waals surface area contributed by atoms with Crippen molar-refractivity contribution in [1.29, 1.82) is 0 Å². The van der Waals surface area contributed by atoms with Crippen LogP contribution in [0.4, 0.5) is 0 Å². The van der Waals surface area contributed by atoms with E-state index in [1.54, 1.807) is 0 Å². The standard InChI is InChI=1S/CH3.ClH.Cu.Zn/h1H3;1H;;/q;;;+2/p-1. The average Bonchev–Trinajstić information content (AvgIpc) is 0. The van der Waals surface area contributed by atoms with E-state index in [0.29, 0.717) is 0 Å². The van der Waals surface area contributed by atoms with Gasteiger partial charge in [0.05, 0.1) is 0 Å². The first kappa shape index (κ1) is 52.0. The maximum Gasteiger partial charge on any atom is 2.00 e. The van der Waals surface area contributed by atoms with Crippen molar-refractivity contribution >= 4 is 0 Å². The molecule has 0 aromatic carbocycles. The molecule has 0 aromatic rings. The summed E-state index contributed by atoms with van der Waals surface area (Å²) in [5.41, 5.74) is 0. The molecule has 0 rings (SSSR count). The van der Waals surface area contributed by atoms with Crippen molar-refractivity contribution in [3.05, 3.63) is 7.43 Å². The van der Waals surface area contributed by atoms with Crippen molar-refractivity contribution < 1.29 is 49.0 Å². The van der Waals surface area contributed by atoms with Crippen LogP contribution in [0.5, 0.6) is 0 Å². The van der Waals surface area contributed by atoms with Crippen molar-refractivity contribution in [2.24, 2.45) is 0 Å². The molecule has 0 aliphatic carbocycles. The van der Waals surface area contributed by atoms with E-state index in [9.17, 15) is 0 Å². The second kappa shape index (κ2) is 25.4. The van der Waals surface area contributed by atoms with E-state index in [0.717, 1.165) is 0 Å². The van der Waals surface area contributed by atoms with Gasteiger partial charge in [0.15, 0.2) is 0 Å². The molecule has 0 fully saturated rings. The number of hydrogen-bond donors (Lipinski definition) is 0. The van der Waals surface area contributed by atoms with Crippen LogP contribution in [0.2, 0.25) is 0 Å². The fourth-order valence-corrected chi connectivity index (χ4v) is 0. The molecule has 0 atom stereocenters. The van der Waals surface area contributed by atoms with Gasteiger partial charge in [-0.05, 0) is 0 Å². The Hall–Kier alpha value is 1.43. The molecule has 0 aromatic heterocycles. The molecule has 0 N–H and O–H groups in total. The van der Waals surface area contributed by atoms with Gasteiger partial charge in [-0.1, -0.05) is 7.43 Å². The van der Waals surface area contributed by atoms with Gasteiger partial charge in [0.25, 0.3) is 0 Å². The van der Waals surface area contributed by atoms with Gasteiger partial charge < -0.3 is 12.4 Å². The third-order valence-electron chi connectivity index (χ3n) is 0. The van der Waals surface area contributed by atoms with Gasteiger partial charge in [-0.2, -0.15) is 0 Å². The van der Waals surface area contributed by atoms with Crippen LogP contribution < -0.4 is 12.4 Å². The minimum atomic E-state index is 0. The first-order valence-electron chi connectivity index (χ1n) is 0. The minimum absolute atomic E-state index is 0. The number of rotatable bonds is 0. The molecule has 0 unspecified atom stereocenters. The predicted molar refractivity (Wildman–Crippen MR) is 6.41 cm³/mol. The summed E-state index contributed by atoms with van der Waals surface area (Å²) >= 11 is 0. The zero-order valence-corrected chi connectivity index (χ0v) is 7.05. The molecule has 0 saturated heterocycles. The normalized spacial score (nSPS) is 0. The molecule has 3 heteroatoms. The second-order valence-corrected chi connectivity index (χ2v) is 0. The van der Waals surface area contributed by atoms with Crippen LogP contribution >= 0.6 is 0 Å². The van der Waals surface area contributed by atoms with Gasteiger partial charge in [-0.15, -0.1) is 0 Å². The van der Waals surface area contributed by atoms with Gasteiger partial charge in [0.2, 0.25) is 0 Å². The van der Waals surface area contributed by atoms with Crippen LogP contribution in [0.3, 0.4) is 0 Å². The van der Waals surface area contributed by atoms with E-state index in [1.807, 2.05) is 0 Å². The molecule has 2 radical (unpaired) electrons. The summed E-state index contributed by atoms with van der Waals surface area (Å²) in [5, 5.41) is 0. The van der Waals surface area contributed by atoms with Gasteiger partial charge in [0.1, 0.15) is 0 Å². The van der Waals surface area contributed by atoms with Crippen molar-refractivity contribution in [2.45, 2.75) is 0 Å². The molecule has 0 bridgehead atoms. The summed E-state index contributed by atoms with van der Waals surface area (Å²) in [4.78, 5) is 0. The molecule has 0 nitrogen and oxygen atoms in total. The summed E-state index contributed by atoms with van der Waals surface area (Å²) < 4.78 is 0. The molecule has 0 amide bonds. The second-order valence-electron chi connectivity index (χ2n) is 0. The third-order valence-corrected chi connectivity index (χ3v) is 0. The van der Waals surface area contributed by atoms with Crippen molar-refractivity contribution in [3.63, 3.8) is 0 Å². The first-order valence-corrected chi connectivity index (χ1v) is 0. The molecule has 4 heavy (non-hydrogen) atoms. The van der Waals surface area contributed by atoms with Crippen LogP contribution in [-0.4, -0.2) is 0 Å². The Morgan fingerprint density at radius 1 is 1.00 bits per heavy atom. The topological polar surface area (TPSA) is 0 Å². The molecule has 0 saturated carbocycles. The van der Waals surface area contributed by atoms with Gasteiger partial charge >= 0.3 is 19.5 Å². The SMILES string of the molecule is [CH3].[Cl-].[Cu].[Zn+2]. The van der Waals surface area contributed by atoms with E-state index in [4.69, 9.17) is 0 Å². The van der Waals surface area contributed by atoms with Crippen LogP contribution in [0.1, 0.15) is 0 Å². The van der Waals surface area contributed by atoms with Gasteiger partial charge in [-0.3, -0.25) is 0 Å². The minimum Gasteiger partial charge on any atom is -1.00 e. The molecule has 26 valence electrons. The summed E-state index contributed by atoms with van der Waals surface area (Å²) in [6.07, 6.45) is 0. The smallest absolute Gasteiger partial charge is 1.00 e. The Balaban J connectivity index is 0. The van der Waals surface area contributed by atoms with E-state index >= 15 is 0 Å². The molecule has 0 spiro atoms. The summed E-state index contributed by atoms with van der Waals surface area (Å²) in [6.45, 7) is 0. The Kier molecular flexibility index (Phi) is 331. The molecular weight excluding hydrogens is 176 g/mol. The Morgan fingerprint density at radius 3 is 1.00 bits per heavy atom. The van der Waals surface area contributed by atoms with Gasteiger partial charge in [-0.25, -0.2) is 0 Å². The number of hydrogen-bond acceptors (Lipinski definition) is 0. The number of halogens is 1. The fourth-order valence-electron chi connectivity index (χ4n) is 0. The maximum atomic E-state index is 0. The van der Waals surface area contributed by atoms with E-state index in [-0.39, 0.29) is 56.4 Å². The third kappa shape index (κ3) is 9.90.